The first-order valence-corrected chi connectivity index (χ1v) is 8.72. The van der Waals surface area contributed by atoms with E-state index < -0.39 is 0 Å². The molecule has 4 nitrogen and oxygen atoms in total. The van der Waals surface area contributed by atoms with Gasteiger partial charge in [0.2, 0.25) is 5.78 Å². The standard InChI is InChI=1S/C18H20N2O2S.ClH/c1-19-13-6-4-10-20(12-13)18(22)15-8-3-2-7-14(15)17(21)16-9-5-11-23-16;/h2-3,5,7-9,11,13,19H,4,6,10,12H2,1H3;1H. The number of hydrogen-bond acceptors (Lipinski definition) is 4. The quantitative estimate of drug-likeness (QED) is 0.847. The predicted molar refractivity (Wildman–Crippen MR) is 99.4 cm³/mol. The molecule has 0 saturated carbocycles. The molecule has 128 valence electrons. The van der Waals surface area contributed by atoms with Crippen LogP contribution in [0.4, 0.5) is 0 Å². The molecule has 1 aromatic heterocycles. The Bertz CT molecular complexity index is 703. The number of carbonyl (C=O) groups is 2. The Kier molecular flexibility index (Phi) is 6.54. The molecule has 1 fully saturated rings. The minimum atomic E-state index is -0.0777. The molecular weight excluding hydrogens is 344 g/mol. The molecule has 1 atom stereocenters. The highest BCUT2D eigenvalue weighted by Gasteiger charge is 2.26. The molecule has 0 aliphatic carbocycles. The number of nitrogens with one attached hydrogen (secondary N) is 1. The largest absolute Gasteiger partial charge is 0.337 e. The van der Waals surface area contributed by atoms with Gasteiger partial charge in [0.15, 0.2) is 0 Å². The molecule has 3 rings (SSSR count). The van der Waals surface area contributed by atoms with Crippen LogP contribution in [0.25, 0.3) is 0 Å². The van der Waals surface area contributed by atoms with Crippen molar-refractivity contribution >= 4 is 35.4 Å². The van der Waals surface area contributed by atoms with E-state index in [0.717, 1.165) is 19.4 Å². The van der Waals surface area contributed by atoms with Crippen molar-refractivity contribution in [3.8, 4) is 0 Å². The van der Waals surface area contributed by atoms with Crippen molar-refractivity contribution in [2.24, 2.45) is 0 Å². The fraction of sp³-hybridized carbons (Fsp3) is 0.333. The van der Waals surface area contributed by atoms with Gasteiger partial charge in [0.25, 0.3) is 5.91 Å². The number of halogens is 1. The van der Waals surface area contributed by atoms with Crippen molar-refractivity contribution in [2.75, 3.05) is 20.1 Å². The minimum absolute atomic E-state index is 0. The molecule has 6 heteroatoms. The van der Waals surface area contributed by atoms with Crippen LogP contribution in [-0.2, 0) is 0 Å². The van der Waals surface area contributed by atoms with Gasteiger partial charge in [-0.2, -0.15) is 0 Å². The summed E-state index contributed by atoms with van der Waals surface area (Å²) in [6.45, 7) is 1.44. The number of benzene rings is 1. The van der Waals surface area contributed by atoms with Crippen LogP contribution < -0.4 is 5.32 Å². The second-order valence-electron chi connectivity index (χ2n) is 5.73. The van der Waals surface area contributed by atoms with Gasteiger partial charge in [0, 0.05) is 24.7 Å². The molecule has 1 N–H and O–H groups in total. The molecular formula is C18H21ClN2O2S. The Balaban J connectivity index is 0.00000208. The number of nitrogens with zero attached hydrogens (tertiary/aromatic N) is 1. The Morgan fingerprint density at radius 2 is 1.92 bits per heavy atom. The van der Waals surface area contributed by atoms with E-state index in [1.54, 1.807) is 18.2 Å². The van der Waals surface area contributed by atoms with Crippen molar-refractivity contribution in [2.45, 2.75) is 18.9 Å². The molecule has 1 unspecified atom stereocenters. The highest BCUT2D eigenvalue weighted by atomic mass is 35.5. The average molecular weight is 365 g/mol. The van der Waals surface area contributed by atoms with Gasteiger partial charge in [-0.3, -0.25) is 9.59 Å². The van der Waals surface area contributed by atoms with Crippen LogP contribution in [-0.4, -0.2) is 42.8 Å². The van der Waals surface area contributed by atoms with E-state index in [1.165, 1.54) is 11.3 Å². The molecule has 1 saturated heterocycles. The lowest BCUT2D eigenvalue weighted by molar-refractivity contribution is 0.0694. The van der Waals surface area contributed by atoms with Gasteiger partial charge in [-0.1, -0.05) is 24.3 Å². The Hall–Kier alpha value is -1.69. The number of thiophene rings is 1. The van der Waals surface area contributed by atoms with Crippen molar-refractivity contribution in [1.29, 1.82) is 0 Å². The number of rotatable bonds is 4. The Labute approximate surface area is 152 Å². The second-order valence-corrected chi connectivity index (χ2v) is 6.68. The average Bonchev–Trinajstić information content (AvgIpc) is 3.15. The molecule has 0 radical (unpaired) electrons. The fourth-order valence-electron chi connectivity index (χ4n) is 2.98. The van der Waals surface area contributed by atoms with E-state index in [4.69, 9.17) is 0 Å². The normalized spacial score (nSPS) is 17.2. The molecule has 24 heavy (non-hydrogen) atoms. The topological polar surface area (TPSA) is 49.4 Å². The first kappa shape index (κ1) is 18.6. The molecule has 0 spiro atoms. The summed E-state index contributed by atoms with van der Waals surface area (Å²) in [5, 5.41) is 5.12. The summed E-state index contributed by atoms with van der Waals surface area (Å²) in [5.41, 5.74) is 0.995. The molecule has 0 bridgehead atoms. The van der Waals surface area contributed by atoms with Crippen LogP contribution in [0.3, 0.4) is 0 Å². The maximum absolute atomic E-state index is 12.9. The summed E-state index contributed by atoms with van der Waals surface area (Å²) in [5.74, 6) is -0.128. The summed E-state index contributed by atoms with van der Waals surface area (Å²) in [7, 11) is 1.92. The van der Waals surface area contributed by atoms with E-state index in [9.17, 15) is 9.59 Å². The first-order valence-electron chi connectivity index (χ1n) is 7.84. The van der Waals surface area contributed by atoms with E-state index in [-0.39, 0.29) is 24.1 Å². The molecule has 1 aromatic carbocycles. The number of likely N-dealkylation sites (tertiary alicyclic amines) is 1. The van der Waals surface area contributed by atoms with Gasteiger partial charge in [-0.05, 0) is 37.4 Å². The van der Waals surface area contributed by atoms with E-state index >= 15 is 0 Å². The van der Waals surface area contributed by atoms with E-state index in [2.05, 4.69) is 5.32 Å². The molecule has 2 heterocycles. The van der Waals surface area contributed by atoms with Crippen molar-refractivity contribution in [3.63, 3.8) is 0 Å². The zero-order chi connectivity index (χ0) is 16.2. The molecule has 1 amide bonds. The summed E-state index contributed by atoms with van der Waals surface area (Å²) < 4.78 is 0. The second kappa shape index (κ2) is 8.42. The smallest absolute Gasteiger partial charge is 0.254 e. The number of piperidine rings is 1. The van der Waals surface area contributed by atoms with Crippen molar-refractivity contribution in [1.82, 2.24) is 10.2 Å². The third-order valence-corrected chi connectivity index (χ3v) is 5.13. The van der Waals surface area contributed by atoms with Crippen LogP contribution in [0.2, 0.25) is 0 Å². The summed E-state index contributed by atoms with van der Waals surface area (Å²) in [6.07, 6.45) is 2.06. The highest BCUT2D eigenvalue weighted by molar-refractivity contribution is 7.12. The van der Waals surface area contributed by atoms with E-state index in [1.807, 2.05) is 35.5 Å². The summed E-state index contributed by atoms with van der Waals surface area (Å²) in [6, 6.07) is 11.1. The lowest BCUT2D eigenvalue weighted by Crippen LogP contribution is -2.47. The van der Waals surface area contributed by atoms with Crippen LogP contribution in [0.5, 0.6) is 0 Å². The number of carbonyl (C=O) groups excluding carboxylic acids is 2. The van der Waals surface area contributed by atoms with Gasteiger partial charge in [-0.15, -0.1) is 23.7 Å². The zero-order valence-corrected chi connectivity index (χ0v) is 15.2. The number of amides is 1. The van der Waals surface area contributed by atoms with Crippen LogP contribution in [0.15, 0.2) is 41.8 Å². The summed E-state index contributed by atoms with van der Waals surface area (Å²) >= 11 is 1.40. The zero-order valence-electron chi connectivity index (χ0n) is 13.5. The van der Waals surface area contributed by atoms with Gasteiger partial charge < -0.3 is 10.2 Å². The first-order chi connectivity index (χ1) is 11.2. The number of ketones is 1. The van der Waals surface area contributed by atoms with E-state index in [0.29, 0.717) is 28.6 Å². The third kappa shape index (κ3) is 3.86. The molecule has 1 aliphatic rings. The monoisotopic (exact) mass is 364 g/mol. The number of hydrogen-bond donors (Lipinski definition) is 1. The predicted octanol–water partition coefficient (Wildman–Crippen LogP) is 3.22. The van der Waals surface area contributed by atoms with Crippen LogP contribution in [0, 0.1) is 0 Å². The lowest BCUT2D eigenvalue weighted by atomic mass is 9.99. The lowest BCUT2D eigenvalue weighted by Gasteiger charge is -2.33. The third-order valence-electron chi connectivity index (χ3n) is 4.26. The Morgan fingerprint density at radius 1 is 1.17 bits per heavy atom. The minimum Gasteiger partial charge on any atom is -0.337 e. The van der Waals surface area contributed by atoms with Crippen molar-refractivity contribution in [3.05, 3.63) is 57.8 Å². The fourth-order valence-corrected chi connectivity index (χ4v) is 3.65. The van der Waals surface area contributed by atoms with Gasteiger partial charge in [-0.25, -0.2) is 0 Å². The maximum atomic E-state index is 12.9. The SMILES string of the molecule is CNC1CCCN(C(=O)c2ccccc2C(=O)c2cccs2)C1.Cl. The van der Waals surface area contributed by atoms with Crippen LogP contribution in [0.1, 0.15) is 38.4 Å². The van der Waals surface area contributed by atoms with Gasteiger partial charge >= 0.3 is 0 Å². The van der Waals surface area contributed by atoms with Crippen LogP contribution >= 0.6 is 23.7 Å². The van der Waals surface area contributed by atoms with Gasteiger partial charge in [0.1, 0.15) is 0 Å². The molecule has 1 aliphatic heterocycles. The number of likely N-dealkylation sites (N-methyl/N-ethyl adjacent to an activating group) is 1. The Morgan fingerprint density at radius 3 is 2.58 bits per heavy atom. The summed E-state index contributed by atoms with van der Waals surface area (Å²) in [4.78, 5) is 28.1. The molecule has 2 aromatic rings. The van der Waals surface area contributed by atoms with Crippen molar-refractivity contribution < 1.29 is 9.59 Å². The maximum Gasteiger partial charge on any atom is 0.254 e. The highest BCUT2D eigenvalue weighted by Crippen LogP contribution is 2.21. The van der Waals surface area contributed by atoms with Gasteiger partial charge in [0.05, 0.1) is 10.4 Å².